The highest BCUT2D eigenvalue weighted by Crippen LogP contribution is 2.37. The molecule has 0 amide bonds. The van der Waals surface area contributed by atoms with E-state index in [0.717, 1.165) is 16.5 Å². The van der Waals surface area contributed by atoms with Gasteiger partial charge in [0.05, 0.1) is 18.2 Å². The lowest BCUT2D eigenvalue weighted by Crippen LogP contribution is -2.38. The van der Waals surface area contributed by atoms with Crippen molar-refractivity contribution in [1.29, 1.82) is 0 Å². The van der Waals surface area contributed by atoms with Crippen LogP contribution >= 0.6 is 0 Å². The van der Waals surface area contributed by atoms with Gasteiger partial charge in [0.2, 0.25) is 0 Å². The number of rotatable bonds is 4. The van der Waals surface area contributed by atoms with Gasteiger partial charge in [0.25, 0.3) is 0 Å². The number of fused-ring (bicyclic) bond motifs is 3. The van der Waals surface area contributed by atoms with Crippen molar-refractivity contribution in [1.82, 2.24) is 4.98 Å². The molecular weight excluding hydrogens is 342 g/mol. The fraction of sp³-hybridized carbons (Fsp3) is 0.545. The minimum atomic E-state index is -1.39. The number of aryl methyl sites for hydroxylation is 1. The average Bonchev–Trinajstić information content (AvgIpc) is 3.07. The lowest BCUT2D eigenvalue weighted by Gasteiger charge is -2.24. The second-order valence-corrected chi connectivity index (χ2v) is 7.82. The number of carbonyl (C=O) groups excluding carboxylic acids is 2. The second kappa shape index (κ2) is 7.47. The Morgan fingerprint density at radius 3 is 2.78 bits per heavy atom. The lowest BCUT2D eigenvalue weighted by molar-refractivity contribution is -0.155. The standard InChI is InChI=1S/C22H27NO4/c1-2-27-22(26)21(25)16-10-9-15-17-12-14(13-6-4-3-5-7-13)8-11-18(17)23-19(15)20(16)24/h8,11-13,16,21,23,25H,2-7,9-10H2,1H3/t16-,21+/m1/s1. The molecule has 0 radical (unpaired) electrons. The van der Waals surface area contributed by atoms with E-state index in [9.17, 15) is 14.7 Å². The molecule has 144 valence electrons. The highest BCUT2D eigenvalue weighted by Gasteiger charge is 2.38. The number of carbonyl (C=O) groups is 2. The minimum Gasteiger partial charge on any atom is -0.464 e. The van der Waals surface area contributed by atoms with Gasteiger partial charge in [0.1, 0.15) is 0 Å². The first-order valence-electron chi connectivity index (χ1n) is 10.1. The van der Waals surface area contributed by atoms with Gasteiger partial charge in [0.15, 0.2) is 11.9 Å². The third-order valence-corrected chi connectivity index (χ3v) is 6.20. The molecule has 0 unspecified atom stereocenters. The number of ether oxygens (including phenoxy) is 1. The van der Waals surface area contributed by atoms with Gasteiger partial charge in [-0.05, 0) is 61.8 Å². The van der Waals surface area contributed by atoms with Crippen molar-refractivity contribution in [3.05, 3.63) is 35.0 Å². The Hall–Kier alpha value is -2.14. The fourth-order valence-corrected chi connectivity index (χ4v) is 4.73. The Morgan fingerprint density at radius 1 is 1.26 bits per heavy atom. The zero-order valence-corrected chi connectivity index (χ0v) is 15.8. The number of hydrogen-bond acceptors (Lipinski definition) is 4. The Kier molecular flexibility index (Phi) is 5.04. The summed E-state index contributed by atoms with van der Waals surface area (Å²) in [5.41, 5.74) is 3.90. The number of hydrogen-bond donors (Lipinski definition) is 2. The van der Waals surface area contributed by atoms with Gasteiger partial charge in [-0.15, -0.1) is 0 Å². The van der Waals surface area contributed by atoms with Crippen molar-refractivity contribution in [2.45, 2.75) is 63.9 Å². The fourth-order valence-electron chi connectivity index (χ4n) is 4.73. The van der Waals surface area contributed by atoms with Gasteiger partial charge < -0.3 is 14.8 Å². The number of benzene rings is 1. The maximum atomic E-state index is 12.9. The van der Waals surface area contributed by atoms with E-state index >= 15 is 0 Å². The lowest BCUT2D eigenvalue weighted by atomic mass is 9.81. The molecular formula is C22H27NO4. The zero-order valence-electron chi connectivity index (χ0n) is 15.8. The number of aliphatic hydroxyl groups is 1. The van der Waals surface area contributed by atoms with Gasteiger partial charge in [-0.2, -0.15) is 0 Å². The molecule has 2 aromatic rings. The summed E-state index contributed by atoms with van der Waals surface area (Å²) in [6, 6.07) is 6.49. The number of H-pyrrole nitrogens is 1. The maximum Gasteiger partial charge on any atom is 0.335 e. The number of esters is 1. The van der Waals surface area contributed by atoms with Gasteiger partial charge >= 0.3 is 5.97 Å². The van der Waals surface area contributed by atoms with Crippen molar-refractivity contribution in [3.8, 4) is 0 Å². The third-order valence-electron chi connectivity index (χ3n) is 6.20. The highest BCUT2D eigenvalue weighted by atomic mass is 16.5. The van der Waals surface area contributed by atoms with E-state index in [2.05, 4.69) is 23.2 Å². The smallest absolute Gasteiger partial charge is 0.335 e. The van der Waals surface area contributed by atoms with E-state index in [0.29, 0.717) is 24.5 Å². The average molecular weight is 369 g/mol. The van der Waals surface area contributed by atoms with E-state index in [1.807, 2.05) is 0 Å². The molecule has 1 aromatic carbocycles. The van der Waals surface area contributed by atoms with E-state index in [-0.39, 0.29) is 12.4 Å². The number of Topliss-reactive ketones (excluding diaryl/α,β-unsaturated/α-hetero) is 1. The van der Waals surface area contributed by atoms with Crippen molar-refractivity contribution in [2.75, 3.05) is 6.61 Å². The van der Waals surface area contributed by atoms with E-state index in [1.165, 1.54) is 37.7 Å². The van der Waals surface area contributed by atoms with Crippen LogP contribution < -0.4 is 0 Å². The van der Waals surface area contributed by atoms with Crippen LogP contribution in [0.3, 0.4) is 0 Å². The summed E-state index contributed by atoms with van der Waals surface area (Å²) in [6.07, 6.45) is 6.14. The summed E-state index contributed by atoms with van der Waals surface area (Å²) in [5.74, 6) is -1.02. The summed E-state index contributed by atoms with van der Waals surface area (Å²) in [4.78, 5) is 28.0. The van der Waals surface area contributed by atoms with E-state index in [4.69, 9.17) is 4.74 Å². The van der Waals surface area contributed by atoms with Crippen molar-refractivity contribution < 1.29 is 19.4 Å². The van der Waals surface area contributed by atoms with Crippen molar-refractivity contribution in [3.63, 3.8) is 0 Å². The predicted octanol–water partition coefficient (Wildman–Crippen LogP) is 3.88. The van der Waals surface area contributed by atoms with Gasteiger partial charge in [-0.1, -0.05) is 25.3 Å². The van der Waals surface area contributed by atoms with E-state index < -0.39 is 18.0 Å². The van der Waals surface area contributed by atoms with Crippen LogP contribution in [0.25, 0.3) is 10.9 Å². The molecule has 2 N–H and O–H groups in total. The zero-order chi connectivity index (χ0) is 19.0. The molecule has 5 nitrogen and oxygen atoms in total. The molecule has 0 bridgehead atoms. The summed E-state index contributed by atoms with van der Waals surface area (Å²) >= 11 is 0. The molecule has 2 atom stereocenters. The number of nitrogens with one attached hydrogen (secondary N) is 1. The molecule has 1 fully saturated rings. The quantitative estimate of drug-likeness (QED) is 0.802. The van der Waals surface area contributed by atoms with E-state index in [1.54, 1.807) is 6.92 Å². The van der Waals surface area contributed by atoms with Crippen LogP contribution in [0.5, 0.6) is 0 Å². The monoisotopic (exact) mass is 369 g/mol. The molecule has 4 rings (SSSR count). The summed E-state index contributed by atoms with van der Waals surface area (Å²) in [5, 5.41) is 11.4. The topological polar surface area (TPSA) is 79.4 Å². The summed E-state index contributed by atoms with van der Waals surface area (Å²) < 4.78 is 4.88. The molecule has 27 heavy (non-hydrogen) atoms. The predicted molar refractivity (Wildman–Crippen MR) is 103 cm³/mol. The Labute approximate surface area is 159 Å². The first-order chi connectivity index (χ1) is 13.1. The molecule has 0 saturated heterocycles. The Balaban J connectivity index is 1.64. The number of ketones is 1. The molecule has 1 heterocycles. The van der Waals surface area contributed by atoms with Gasteiger partial charge in [0, 0.05) is 10.9 Å². The normalized spacial score (nSPS) is 21.9. The van der Waals surface area contributed by atoms with Crippen LogP contribution in [0.2, 0.25) is 0 Å². The maximum absolute atomic E-state index is 12.9. The number of aromatic nitrogens is 1. The molecule has 0 aliphatic heterocycles. The molecule has 0 spiro atoms. The molecule has 2 aliphatic carbocycles. The minimum absolute atomic E-state index is 0.188. The van der Waals surface area contributed by atoms with Crippen LogP contribution in [0, 0.1) is 5.92 Å². The van der Waals surface area contributed by atoms with Crippen LogP contribution in [0.15, 0.2) is 18.2 Å². The first kappa shape index (κ1) is 18.2. The largest absolute Gasteiger partial charge is 0.464 e. The summed E-state index contributed by atoms with van der Waals surface area (Å²) in [6.45, 7) is 1.88. The first-order valence-corrected chi connectivity index (χ1v) is 10.1. The molecule has 2 aliphatic rings. The van der Waals surface area contributed by atoms with Crippen LogP contribution in [-0.2, 0) is 16.0 Å². The SMILES string of the molecule is CCOC(=O)[C@@H](O)[C@@H]1CCc2c([nH]c3ccc(C4CCCCC4)cc23)C1=O. The highest BCUT2D eigenvalue weighted by molar-refractivity contribution is 6.06. The molecule has 5 heteroatoms. The summed E-state index contributed by atoms with van der Waals surface area (Å²) in [7, 11) is 0. The number of aromatic amines is 1. The Bertz CT molecular complexity index is 863. The van der Waals surface area contributed by atoms with Crippen LogP contribution in [0.4, 0.5) is 0 Å². The van der Waals surface area contributed by atoms with Crippen LogP contribution in [-0.4, -0.2) is 34.6 Å². The van der Waals surface area contributed by atoms with Gasteiger partial charge in [-0.25, -0.2) is 4.79 Å². The Morgan fingerprint density at radius 2 is 2.04 bits per heavy atom. The molecule has 1 aromatic heterocycles. The second-order valence-electron chi connectivity index (χ2n) is 7.82. The number of aliphatic hydroxyl groups excluding tert-OH is 1. The van der Waals surface area contributed by atoms with Crippen LogP contribution in [0.1, 0.15) is 73.0 Å². The molecule has 1 saturated carbocycles. The van der Waals surface area contributed by atoms with Crippen molar-refractivity contribution >= 4 is 22.7 Å². The third kappa shape index (κ3) is 3.29. The van der Waals surface area contributed by atoms with Gasteiger partial charge in [-0.3, -0.25) is 4.79 Å². The van der Waals surface area contributed by atoms with Crippen molar-refractivity contribution in [2.24, 2.45) is 5.92 Å².